The summed E-state index contributed by atoms with van der Waals surface area (Å²) >= 11 is 0. The Morgan fingerprint density at radius 1 is 1.30 bits per heavy atom. The van der Waals surface area contributed by atoms with Gasteiger partial charge in [-0.2, -0.15) is 0 Å². The Kier molecular flexibility index (Phi) is 6.99. The van der Waals surface area contributed by atoms with Gasteiger partial charge in [-0.25, -0.2) is 0 Å². The second-order valence-electron chi connectivity index (χ2n) is 6.01. The highest BCUT2D eigenvalue weighted by atomic mass is 16.2. The molecule has 1 heterocycles. The molecule has 1 fully saturated rings. The second-order valence-corrected chi connectivity index (χ2v) is 6.01. The molecular weight excluding hydrogens is 254 g/mol. The van der Waals surface area contributed by atoms with E-state index >= 15 is 0 Å². The summed E-state index contributed by atoms with van der Waals surface area (Å²) in [6.45, 7) is 7.27. The van der Waals surface area contributed by atoms with E-state index in [4.69, 9.17) is 5.73 Å². The number of carbonyl (C=O) groups excluding carboxylic acids is 2. The fraction of sp³-hybridized carbons (Fsp3) is 0.867. The van der Waals surface area contributed by atoms with Crippen LogP contribution in [0, 0.1) is 5.92 Å². The smallest absolute Gasteiger partial charge is 0.239 e. The number of unbranched alkanes of at least 4 members (excludes halogenated alkanes) is 1. The summed E-state index contributed by atoms with van der Waals surface area (Å²) in [7, 11) is 0. The van der Waals surface area contributed by atoms with E-state index in [0.29, 0.717) is 13.1 Å². The molecule has 0 aromatic rings. The lowest BCUT2D eigenvalue weighted by molar-refractivity contribution is -0.134. The topological polar surface area (TPSA) is 75.4 Å². The molecule has 0 radical (unpaired) electrons. The van der Waals surface area contributed by atoms with E-state index in [0.717, 1.165) is 32.1 Å². The third-order valence-corrected chi connectivity index (χ3v) is 3.86. The van der Waals surface area contributed by atoms with Crippen molar-refractivity contribution in [1.82, 2.24) is 10.2 Å². The third-order valence-electron chi connectivity index (χ3n) is 3.86. The van der Waals surface area contributed by atoms with Gasteiger partial charge in [-0.15, -0.1) is 0 Å². The molecule has 0 saturated carbocycles. The van der Waals surface area contributed by atoms with E-state index in [2.05, 4.69) is 12.2 Å². The van der Waals surface area contributed by atoms with Crippen LogP contribution in [0.15, 0.2) is 0 Å². The van der Waals surface area contributed by atoms with Gasteiger partial charge in [0.15, 0.2) is 0 Å². The highest BCUT2D eigenvalue weighted by Gasteiger charge is 2.26. The van der Waals surface area contributed by atoms with Crippen molar-refractivity contribution in [3.8, 4) is 0 Å². The molecule has 116 valence electrons. The molecule has 1 aliphatic rings. The van der Waals surface area contributed by atoms with Gasteiger partial charge in [0.05, 0.1) is 6.04 Å². The third kappa shape index (κ3) is 5.12. The van der Waals surface area contributed by atoms with Crippen molar-refractivity contribution >= 4 is 11.8 Å². The second kappa shape index (κ2) is 8.25. The van der Waals surface area contributed by atoms with Crippen molar-refractivity contribution in [3.05, 3.63) is 0 Å². The van der Waals surface area contributed by atoms with Crippen molar-refractivity contribution < 1.29 is 9.59 Å². The lowest BCUT2D eigenvalue weighted by atomic mass is 10.0. The maximum atomic E-state index is 12.2. The van der Waals surface area contributed by atoms with Gasteiger partial charge in [-0.1, -0.05) is 33.6 Å². The monoisotopic (exact) mass is 283 g/mol. The minimum Gasteiger partial charge on any atom is -0.353 e. The number of nitrogens with two attached hydrogens (primary N) is 1. The van der Waals surface area contributed by atoms with Crippen LogP contribution in [0.4, 0.5) is 0 Å². The fourth-order valence-corrected chi connectivity index (χ4v) is 2.39. The number of piperidine rings is 1. The summed E-state index contributed by atoms with van der Waals surface area (Å²) in [6.07, 6.45) is 4.47. The molecule has 0 aromatic heterocycles. The normalized spacial score (nSPS) is 18.1. The van der Waals surface area contributed by atoms with E-state index in [1.807, 2.05) is 18.7 Å². The fourth-order valence-electron chi connectivity index (χ4n) is 2.39. The van der Waals surface area contributed by atoms with Gasteiger partial charge in [0.25, 0.3) is 0 Å². The molecule has 0 bridgehead atoms. The lowest BCUT2D eigenvalue weighted by Gasteiger charge is -2.34. The van der Waals surface area contributed by atoms with Crippen molar-refractivity contribution in [2.75, 3.05) is 13.1 Å². The first kappa shape index (κ1) is 17.0. The molecule has 0 aliphatic carbocycles. The first-order chi connectivity index (χ1) is 9.45. The van der Waals surface area contributed by atoms with Crippen LogP contribution in [-0.4, -0.2) is 41.9 Å². The van der Waals surface area contributed by atoms with Crippen LogP contribution in [0.1, 0.15) is 52.9 Å². The summed E-state index contributed by atoms with van der Waals surface area (Å²) in [5.74, 6) is 0.165. The van der Waals surface area contributed by atoms with E-state index < -0.39 is 0 Å². The van der Waals surface area contributed by atoms with Crippen LogP contribution >= 0.6 is 0 Å². The summed E-state index contributed by atoms with van der Waals surface area (Å²) in [5, 5.41) is 3.03. The number of nitrogens with zero attached hydrogens (tertiary/aromatic N) is 1. The summed E-state index contributed by atoms with van der Waals surface area (Å²) < 4.78 is 0. The van der Waals surface area contributed by atoms with E-state index in [9.17, 15) is 9.59 Å². The van der Waals surface area contributed by atoms with Gasteiger partial charge in [0.1, 0.15) is 0 Å². The Morgan fingerprint density at radius 3 is 2.40 bits per heavy atom. The van der Waals surface area contributed by atoms with Gasteiger partial charge in [-0.05, 0) is 19.3 Å². The van der Waals surface area contributed by atoms with Crippen LogP contribution in [-0.2, 0) is 9.59 Å². The number of carbonyl (C=O) groups is 2. The van der Waals surface area contributed by atoms with Crippen LogP contribution in [0.2, 0.25) is 0 Å². The molecule has 0 spiro atoms. The van der Waals surface area contributed by atoms with Crippen LogP contribution in [0.25, 0.3) is 0 Å². The SMILES string of the molecule is CCCCC(N)C(=O)N1CCC(NC(=O)C(C)C)CC1. The molecule has 2 amide bonds. The van der Waals surface area contributed by atoms with Crippen molar-refractivity contribution in [2.24, 2.45) is 11.7 Å². The molecule has 1 saturated heterocycles. The Morgan fingerprint density at radius 2 is 1.90 bits per heavy atom. The number of hydrogen-bond donors (Lipinski definition) is 2. The molecule has 3 N–H and O–H groups in total. The minimum atomic E-state index is -0.364. The Hall–Kier alpha value is -1.10. The lowest BCUT2D eigenvalue weighted by Crippen LogP contribution is -2.51. The van der Waals surface area contributed by atoms with E-state index in [1.54, 1.807) is 0 Å². The summed E-state index contributed by atoms with van der Waals surface area (Å²) in [4.78, 5) is 25.6. The standard InChI is InChI=1S/C15H29N3O2/c1-4-5-6-13(16)15(20)18-9-7-12(8-10-18)17-14(19)11(2)3/h11-13H,4-10,16H2,1-3H3,(H,17,19). The molecule has 5 nitrogen and oxygen atoms in total. The Labute approximate surface area is 122 Å². The molecule has 1 rings (SSSR count). The molecule has 5 heteroatoms. The zero-order valence-electron chi connectivity index (χ0n) is 13.0. The molecule has 1 aliphatic heterocycles. The number of nitrogens with one attached hydrogen (secondary N) is 1. The molecule has 1 atom stereocenters. The molecule has 0 aromatic carbocycles. The van der Waals surface area contributed by atoms with Crippen molar-refractivity contribution in [2.45, 2.75) is 65.0 Å². The Balaban J connectivity index is 2.34. The van der Waals surface area contributed by atoms with E-state index in [1.165, 1.54) is 0 Å². The largest absolute Gasteiger partial charge is 0.353 e. The maximum Gasteiger partial charge on any atom is 0.239 e. The first-order valence-corrected chi connectivity index (χ1v) is 7.80. The van der Waals surface area contributed by atoms with Crippen LogP contribution in [0.5, 0.6) is 0 Å². The number of likely N-dealkylation sites (tertiary alicyclic amines) is 1. The van der Waals surface area contributed by atoms with E-state index in [-0.39, 0.29) is 29.8 Å². The van der Waals surface area contributed by atoms with Crippen LogP contribution in [0.3, 0.4) is 0 Å². The number of rotatable bonds is 6. The van der Waals surface area contributed by atoms with Crippen molar-refractivity contribution in [1.29, 1.82) is 0 Å². The number of hydrogen-bond acceptors (Lipinski definition) is 3. The highest BCUT2D eigenvalue weighted by Crippen LogP contribution is 2.13. The molecule has 20 heavy (non-hydrogen) atoms. The quantitative estimate of drug-likeness (QED) is 0.770. The van der Waals surface area contributed by atoms with Gasteiger partial charge < -0.3 is 16.0 Å². The average Bonchev–Trinajstić information content (AvgIpc) is 2.44. The van der Waals surface area contributed by atoms with Gasteiger partial charge in [-0.3, -0.25) is 9.59 Å². The summed E-state index contributed by atoms with van der Waals surface area (Å²) in [6, 6.07) is -0.169. The van der Waals surface area contributed by atoms with Crippen LogP contribution < -0.4 is 11.1 Å². The first-order valence-electron chi connectivity index (χ1n) is 7.80. The maximum absolute atomic E-state index is 12.2. The van der Waals surface area contributed by atoms with Gasteiger partial charge >= 0.3 is 0 Å². The predicted octanol–water partition coefficient (Wildman–Crippen LogP) is 1.27. The molecular formula is C15H29N3O2. The van der Waals surface area contributed by atoms with Gasteiger partial charge in [0.2, 0.25) is 11.8 Å². The minimum absolute atomic E-state index is 0.0112. The Bertz CT molecular complexity index is 323. The summed E-state index contributed by atoms with van der Waals surface area (Å²) in [5.41, 5.74) is 5.93. The number of amides is 2. The highest BCUT2D eigenvalue weighted by molar-refractivity contribution is 5.82. The van der Waals surface area contributed by atoms with Gasteiger partial charge in [0, 0.05) is 25.0 Å². The zero-order chi connectivity index (χ0) is 15.1. The van der Waals surface area contributed by atoms with Crippen molar-refractivity contribution in [3.63, 3.8) is 0 Å². The zero-order valence-corrected chi connectivity index (χ0v) is 13.0. The molecule has 1 unspecified atom stereocenters. The average molecular weight is 283 g/mol. The predicted molar refractivity (Wildman–Crippen MR) is 80.1 cm³/mol.